The number of rotatable bonds is 0. The molecular weight excluding hydrogens is 126 g/mol. The van der Waals surface area contributed by atoms with Crippen LogP contribution in [0.2, 0.25) is 0 Å². The highest BCUT2D eigenvalue weighted by molar-refractivity contribution is 5.22. The van der Waals surface area contributed by atoms with Crippen molar-refractivity contribution in [2.75, 3.05) is 0 Å². The van der Waals surface area contributed by atoms with E-state index in [2.05, 4.69) is 22.8 Å². The minimum atomic E-state index is -0.0533. The maximum Gasteiger partial charge on any atom is 0.110 e. The van der Waals surface area contributed by atoms with E-state index < -0.39 is 0 Å². The zero-order valence-electron chi connectivity index (χ0n) is 5.62. The van der Waals surface area contributed by atoms with Crippen molar-refractivity contribution in [1.29, 1.82) is 0 Å². The molecule has 1 saturated heterocycles. The molecule has 1 fully saturated rings. The Morgan fingerprint density at radius 1 is 1.00 bits per heavy atom. The van der Waals surface area contributed by atoms with Crippen LogP contribution in [0.4, 0.5) is 0 Å². The van der Waals surface area contributed by atoms with Gasteiger partial charge in [-0.3, -0.25) is 10.6 Å². The maximum atomic E-state index is 5.60. The van der Waals surface area contributed by atoms with Crippen LogP contribution in [0.3, 0.4) is 0 Å². The second-order valence-corrected chi connectivity index (χ2v) is 2.63. The first-order valence-corrected chi connectivity index (χ1v) is 3.49. The van der Waals surface area contributed by atoms with Crippen LogP contribution in [0, 0.1) is 0 Å². The largest absolute Gasteiger partial charge is 0.304 e. The summed E-state index contributed by atoms with van der Waals surface area (Å²) >= 11 is 0. The van der Waals surface area contributed by atoms with Crippen molar-refractivity contribution in [3.63, 3.8) is 0 Å². The van der Waals surface area contributed by atoms with Gasteiger partial charge >= 0.3 is 0 Å². The zero-order chi connectivity index (χ0) is 6.97. The molecule has 3 heteroatoms. The SMILES string of the molecule is NC1NC2C=CC=CC2N1. The summed E-state index contributed by atoms with van der Waals surface area (Å²) in [7, 11) is 0. The summed E-state index contributed by atoms with van der Waals surface area (Å²) in [4.78, 5) is 0. The van der Waals surface area contributed by atoms with Crippen LogP contribution in [-0.4, -0.2) is 18.4 Å². The first kappa shape index (κ1) is 6.09. The van der Waals surface area contributed by atoms with Gasteiger partial charge in [0.05, 0.1) is 0 Å². The van der Waals surface area contributed by atoms with Gasteiger partial charge in [0.1, 0.15) is 6.29 Å². The molecule has 0 saturated carbocycles. The minimum absolute atomic E-state index is 0.0533. The Bertz CT molecular complexity index is 165. The van der Waals surface area contributed by atoms with Crippen LogP contribution in [-0.2, 0) is 0 Å². The summed E-state index contributed by atoms with van der Waals surface area (Å²) in [6.45, 7) is 0. The average Bonchev–Trinajstić information content (AvgIpc) is 2.27. The lowest BCUT2D eigenvalue weighted by Gasteiger charge is -2.12. The molecule has 2 rings (SSSR count). The van der Waals surface area contributed by atoms with E-state index in [9.17, 15) is 0 Å². The molecule has 0 aromatic carbocycles. The normalized spacial score (nSPS) is 43.9. The van der Waals surface area contributed by atoms with Gasteiger partial charge in [-0.2, -0.15) is 0 Å². The fourth-order valence-electron chi connectivity index (χ4n) is 1.39. The maximum absolute atomic E-state index is 5.60. The third kappa shape index (κ3) is 0.883. The third-order valence-electron chi connectivity index (χ3n) is 1.88. The second-order valence-electron chi connectivity index (χ2n) is 2.63. The van der Waals surface area contributed by atoms with Crippen molar-refractivity contribution in [1.82, 2.24) is 10.6 Å². The molecule has 2 atom stereocenters. The van der Waals surface area contributed by atoms with Gasteiger partial charge in [0.15, 0.2) is 0 Å². The van der Waals surface area contributed by atoms with Gasteiger partial charge in [-0.25, -0.2) is 0 Å². The van der Waals surface area contributed by atoms with Gasteiger partial charge in [-0.1, -0.05) is 24.3 Å². The van der Waals surface area contributed by atoms with Crippen molar-refractivity contribution in [3.8, 4) is 0 Å². The van der Waals surface area contributed by atoms with Gasteiger partial charge in [-0.05, 0) is 0 Å². The Morgan fingerprint density at radius 2 is 1.50 bits per heavy atom. The number of hydrogen-bond acceptors (Lipinski definition) is 3. The van der Waals surface area contributed by atoms with E-state index in [4.69, 9.17) is 5.73 Å². The molecule has 0 aromatic rings. The molecule has 0 spiro atoms. The van der Waals surface area contributed by atoms with E-state index in [1.165, 1.54) is 0 Å². The number of hydrogen-bond donors (Lipinski definition) is 3. The highest BCUT2D eigenvalue weighted by Gasteiger charge is 2.27. The van der Waals surface area contributed by atoms with E-state index in [0.29, 0.717) is 12.1 Å². The molecule has 1 aliphatic carbocycles. The van der Waals surface area contributed by atoms with E-state index in [0.717, 1.165) is 0 Å². The van der Waals surface area contributed by atoms with Gasteiger partial charge in [0, 0.05) is 12.1 Å². The quantitative estimate of drug-likeness (QED) is 0.413. The summed E-state index contributed by atoms with van der Waals surface area (Å²) in [5.74, 6) is 0. The Morgan fingerprint density at radius 3 is 2.00 bits per heavy atom. The van der Waals surface area contributed by atoms with Gasteiger partial charge in [-0.15, -0.1) is 0 Å². The van der Waals surface area contributed by atoms with Crippen LogP contribution in [0.1, 0.15) is 0 Å². The fraction of sp³-hybridized carbons (Fsp3) is 0.429. The van der Waals surface area contributed by atoms with Gasteiger partial charge in [0.2, 0.25) is 0 Å². The predicted molar refractivity (Wildman–Crippen MR) is 40.1 cm³/mol. The molecule has 0 aromatic heterocycles. The lowest BCUT2D eigenvalue weighted by molar-refractivity contribution is 0.559. The lowest BCUT2D eigenvalue weighted by Crippen LogP contribution is -2.41. The molecule has 0 bridgehead atoms. The van der Waals surface area contributed by atoms with Crippen LogP contribution in [0.15, 0.2) is 24.3 Å². The van der Waals surface area contributed by atoms with Crippen LogP contribution in [0.5, 0.6) is 0 Å². The fourth-order valence-corrected chi connectivity index (χ4v) is 1.39. The average molecular weight is 137 g/mol. The molecule has 0 radical (unpaired) electrons. The van der Waals surface area contributed by atoms with E-state index in [-0.39, 0.29) is 6.29 Å². The summed E-state index contributed by atoms with van der Waals surface area (Å²) in [5.41, 5.74) is 5.60. The summed E-state index contributed by atoms with van der Waals surface area (Å²) in [6, 6.07) is 0.778. The molecular formula is C7H11N3. The Kier molecular flexibility index (Phi) is 1.34. The zero-order valence-corrected chi connectivity index (χ0v) is 5.62. The molecule has 2 unspecified atom stereocenters. The van der Waals surface area contributed by atoms with Crippen molar-refractivity contribution in [3.05, 3.63) is 24.3 Å². The molecule has 1 heterocycles. The first-order chi connectivity index (χ1) is 4.86. The monoisotopic (exact) mass is 137 g/mol. The summed E-state index contributed by atoms with van der Waals surface area (Å²) in [5, 5.41) is 6.37. The lowest BCUT2D eigenvalue weighted by atomic mass is 10.1. The van der Waals surface area contributed by atoms with E-state index in [1.807, 2.05) is 12.2 Å². The predicted octanol–water partition coefficient (Wildman–Crippen LogP) is -0.715. The molecule has 54 valence electrons. The highest BCUT2D eigenvalue weighted by atomic mass is 15.3. The standard InChI is InChI=1S/C7H11N3/c8-7-9-5-3-1-2-4-6(5)10-7/h1-7,9-10H,8H2. The Balaban J connectivity index is 2.14. The Labute approximate surface area is 60.0 Å². The number of fused-ring (bicyclic) bond motifs is 1. The number of allylic oxidation sites excluding steroid dienone is 2. The van der Waals surface area contributed by atoms with Crippen molar-refractivity contribution < 1.29 is 0 Å². The van der Waals surface area contributed by atoms with Crippen LogP contribution >= 0.6 is 0 Å². The van der Waals surface area contributed by atoms with Crippen molar-refractivity contribution >= 4 is 0 Å². The molecule has 1 aliphatic heterocycles. The molecule has 4 N–H and O–H groups in total. The van der Waals surface area contributed by atoms with Crippen molar-refractivity contribution in [2.45, 2.75) is 18.4 Å². The van der Waals surface area contributed by atoms with Gasteiger partial charge in [0.25, 0.3) is 0 Å². The Hall–Kier alpha value is -0.640. The highest BCUT2D eigenvalue weighted by Crippen LogP contribution is 2.09. The van der Waals surface area contributed by atoms with E-state index in [1.54, 1.807) is 0 Å². The van der Waals surface area contributed by atoms with E-state index >= 15 is 0 Å². The molecule has 0 amide bonds. The second kappa shape index (κ2) is 2.20. The first-order valence-electron chi connectivity index (χ1n) is 3.49. The minimum Gasteiger partial charge on any atom is -0.304 e. The van der Waals surface area contributed by atoms with Crippen LogP contribution in [0.25, 0.3) is 0 Å². The molecule has 10 heavy (non-hydrogen) atoms. The van der Waals surface area contributed by atoms with Crippen molar-refractivity contribution in [2.24, 2.45) is 5.73 Å². The topological polar surface area (TPSA) is 50.1 Å². The smallest absolute Gasteiger partial charge is 0.110 e. The van der Waals surface area contributed by atoms with Crippen LogP contribution < -0.4 is 16.4 Å². The molecule has 2 aliphatic rings. The number of nitrogens with two attached hydrogens (primary N) is 1. The summed E-state index contributed by atoms with van der Waals surface area (Å²) < 4.78 is 0. The summed E-state index contributed by atoms with van der Waals surface area (Å²) in [6.07, 6.45) is 8.25. The van der Waals surface area contributed by atoms with Gasteiger partial charge < -0.3 is 5.73 Å². The number of nitrogens with one attached hydrogen (secondary N) is 2. The third-order valence-corrected chi connectivity index (χ3v) is 1.88. The molecule has 3 nitrogen and oxygen atoms in total.